The molecule has 1 heterocycles. The minimum Gasteiger partial charge on any atom is -0.440 e. The van der Waals surface area contributed by atoms with Crippen molar-refractivity contribution in [3.05, 3.63) is 28.6 Å². The minimum atomic E-state index is -0.126. The van der Waals surface area contributed by atoms with Crippen LogP contribution in [0.4, 0.5) is 0 Å². The lowest BCUT2D eigenvalue weighted by Gasteiger charge is -2.20. The molecule has 0 radical (unpaired) electrons. The highest BCUT2D eigenvalue weighted by molar-refractivity contribution is 6.31. The maximum absolute atomic E-state index is 6.35. The van der Waals surface area contributed by atoms with Crippen molar-refractivity contribution >= 4 is 22.7 Å². The summed E-state index contributed by atoms with van der Waals surface area (Å²) in [7, 11) is 0. The molecule has 1 aromatic carbocycles. The summed E-state index contributed by atoms with van der Waals surface area (Å²) in [5.74, 6) is 0.736. The van der Waals surface area contributed by atoms with Gasteiger partial charge in [-0.1, -0.05) is 24.4 Å². The van der Waals surface area contributed by atoms with Crippen molar-refractivity contribution in [2.45, 2.75) is 44.6 Å². The normalized spacial score (nSPS) is 18.6. The molecule has 1 aliphatic rings. The first kappa shape index (κ1) is 12.0. The van der Waals surface area contributed by atoms with E-state index in [1.807, 2.05) is 19.1 Å². The van der Waals surface area contributed by atoms with E-state index in [0.717, 1.165) is 41.8 Å². The van der Waals surface area contributed by atoms with Crippen LogP contribution in [0.15, 0.2) is 16.5 Å². The number of aryl methyl sites for hydroxylation is 1. The summed E-state index contributed by atoms with van der Waals surface area (Å²) in [6.45, 7) is 1.98. The number of hydrogen-bond donors (Lipinski definition) is 1. The standard InChI is InChI=1S/C14H17ClN2O/c1-9-6-10(15)7-11-13(9)18-12(17-11)8-14(16)4-2-3-5-14/h6-7H,2-5,8,16H2,1H3. The third kappa shape index (κ3) is 2.13. The average molecular weight is 265 g/mol. The van der Waals surface area contributed by atoms with Gasteiger partial charge in [0.2, 0.25) is 0 Å². The molecule has 0 unspecified atom stereocenters. The van der Waals surface area contributed by atoms with Crippen LogP contribution in [0, 0.1) is 6.92 Å². The first-order chi connectivity index (χ1) is 8.56. The second kappa shape index (κ2) is 4.25. The molecule has 0 spiro atoms. The van der Waals surface area contributed by atoms with E-state index in [1.165, 1.54) is 12.8 Å². The highest BCUT2D eigenvalue weighted by Gasteiger charge is 2.31. The lowest BCUT2D eigenvalue weighted by Crippen LogP contribution is -2.38. The second-order valence-corrected chi connectivity index (χ2v) is 5.86. The molecule has 1 aromatic heterocycles. The van der Waals surface area contributed by atoms with Gasteiger partial charge in [0.05, 0.1) is 0 Å². The predicted octanol–water partition coefficient (Wildman–Crippen LogP) is 3.60. The molecule has 96 valence electrons. The topological polar surface area (TPSA) is 52.0 Å². The van der Waals surface area contributed by atoms with Gasteiger partial charge in [-0.2, -0.15) is 0 Å². The molecule has 3 rings (SSSR count). The summed E-state index contributed by atoms with van der Waals surface area (Å²) < 4.78 is 5.83. The molecule has 1 fully saturated rings. The predicted molar refractivity (Wildman–Crippen MR) is 72.8 cm³/mol. The number of halogens is 1. The summed E-state index contributed by atoms with van der Waals surface area (Å²) in [5, 5.41) is 0.697. The van der Waals surface area contributed by atoms with Gasteiger partial charge in [-0.05, 0) is 37.5 Å². The Morgan fingerprint density at radius 3 is 2.83 bits per heavy atom. The fourth-order valence-electron chi connectivity index (χ4n) is 2.84. The number of fused-ring (bicyclic) bond motifs is 1. The van der Waals surface area contributed by atoms with E-state index in [2.05, 4.69) is 4.98 Å². The Morgan fingerprint density at radius 2 is 2.11 bits per heavy atom. The molecule has 0 bridgehead atoms. The summed E-state index contributed by atoms with van der Waals surface area (Å²) >= 11 is 6.02. The van der Waals surface area contributed by atoms with Gasteiger partial charge < -0.3 is 10.2 Å². The van der Waals surface area contributed by atoms with Gasteiger partial charge in [-0.3, -0.25) is 0 Å². The Labute approximate surface area is 111 Å². The van der Waals surface area contributed by atoms with Crippen LogP contribution in [-0.2, 0) is 6.42 Å². The number of hydrogen-bond acceptors (Lipinski definition) is 3. The van der Waals surface area contributed by atoms with Gasteiger partial charge in [0.1, 0.15) is 5.52 Å². The molecule has 2 aromatic rings. The molecule has 3 nitrogen and oxygen atoms in total. The molecule has 0 saturated heterocycles. The number of aromatic nitrogens is 1. The van der Waals surface area contributed by atoms with E-state index in [-0.39, 0.29) is 5.54 Å². The third-order valence-corrected chi connectivity index (χ3v) is 4.01. The zero-order valence-corrected chi connectivity index (χ0v) is 11.3. The first-order valence-corrected chi connectivity index (χ1v) is 6.78. The van der Waals surface area contributed by atoms with E-state index in [4.69, 9.17) is 21.8 Å². The maximum atomic E-state index is 6.35. The van der Waals surface area contributed by atoms with Crippen molar-refractivity contribution in [3.8, 4) is 0 Å². The van der Waals surface area contributed by atoms with Crippen LogP contribution in [0.25, 0.3) is 11.1 Å². The molecule has 0 amide bonds. The highest BCUT2D eigenvalue weighted by Crippen LogP contribution is 2.32. The molecule has 2 N–H and O–H groups in total. The number of nitrogens with two attached hydrogens (primary N) is 1. The summed E-state index contributed by atoms with van der Waals surface area (Å²) in [6.07, 6.45) is 5.26. The Morgan fingerprint density at radius 1 is 1.39 bits per heavy atom. The fourth-order valence-corrected chi connectivity index (χ4v) is 3.10. The van der Waals surface area contributed by atoms with Crippen LogP contribution in [0.3, 0.4) is 0 Å². The summed E-state index contributed by atoms with van der Waals surface area (Å²) in [4.78, 5) is 4.51. The molecule has 0 atom stereocenters. The van der Waals surface area contributed by atoms with Crippen LogP contribution in [0.2, 0.25) is 5.02 Å². The Balaban J connectivity index is 1.96. The van der Waals surface area contributed by atoms with Crippen molar-refractivity contribution in [3.63, 3.8) is 0 Å². The zero-order valence-electron chi connectivity index (χ0n) is 10.5. The number of oxazole rings is 1. The van der Waals surface area contributed by atoms with Crippen molar-refractivity contribution in [1.82, 2.24) is 4.98 Å². The molecule has 18 heavy (non-hydrogen) atoms. The molecule has 0 aliphatic heterocycles. The van der Waals surface area contributed by atoms with Crippen molar-refractivity contribution in [2.24, 2.45) is 5.73 Å². The Bertz CT molecular complexity index is 585. The van der Waals surface area contributed by atoms with Crippen LogP contribution >= 0.6 is 11.6 Å². The van der Waals surface area contributed by atoms with E-state index >= 15 is 0 Å². The van der Waals surface area contributed by atoms with E-state index < -0.39 is 0 Å². The molecule has 1 saturated carbocycles. The maximum Gasteiger partial charge on any atom is 0.197 e. The molecular weight excluding hydrogens is 248 g/mol. The average Bonchev–Trinajstić information content (AvgIpc) is 2.85. The largest absolute Gasteiger partial charge is 0.440 e. The van der Waals surface area contributed by atoms with Crippen LogP contribution in [0.5, 0.6) is 0 Å². The molecular formula is C14H17ClN2O. The van der Waals surface area contributed by atoms with Gasteiger partial charge >= 0.3 is 0 Å². The Kier molecular flexibility index (Phi) is 2.83. The van der Waals surface area contributed by atoms with Gasteiger partial charge in [0.25, 0.3) is 0 Å². The monoisotopic (exact) mass is 264 g/mol. The number of rotatable bonds is 2. The van der Waals surface area contributed by atoms with Crippen molar-refractivity contribution in [2.75, 3.05) is 0 Å². The van der Waals surface area contributed by atoms with Crippen molar-refractivity contribution in [1.29, 1.82) is 0 Å². The van der Waals surface area contributed by atoms with Gasteiger partial charge in [0, 0.05) is 17.0 Å². The van der Waals surface area contributed by atoms with Crippen LogP contribution < -0.4 is 5.73 Å². The first-order valence-electron chi connectivity index (χ1n) is 6.40. The van der Waals surface area contributed by atoms with Gasteiger partial charge in [0.15, 0.2) is 11.5 Å². The number of nitrogens with zero attached hydrogens (tertiary/aromatic N) is 1. The third-order valence-electron chi connectivity index (χ3n) is 3.79. The van der Waals surface area contributed by atoms with E-state index in [9.17, 15) is 0 Å². The summed E-state index contributed by atoms with van der Waals surface area (Å²) in [6, 6.07) is 3.74. The van der Waals surface area contributed by atoms with Crippen LogP contribution in [0.1, 0.15) is 37.1 Å². The van der Waals surface area contributed by atoms with Gasteiger partial charge in [-0.25, -0.2) is 4.98 Å². The van der Waals surface area contributed by atoms with Gasteiger partial charge in [-0.15, -0.1) is 0 Å². The minimum absolute atomic E-state index is 0.126. The smallest absolute Gasteiger partial charge is 0.197 e. The Hall–Kier alpha value is -1.06. The van der Waals surface area contributed by atoms with E-state index in [0.29, 0.717) is 5.02 Å². The van der Waals surface area contributed by atoms with E-state index in [1.54, 1.807) is 0 Å². The van der Waals surface area contributed by atoms with Crippen molar-refractivity contribution < 1.29 is 4.42 Å². The lowest BCUT2D eigenvalue weighted by molar-refractivity contribution is 0.385. The number of benzene rings is 1. The van der Waals surface area contributed by atoms with Crippen LogP contribution in [-0.4, -0.2) is 10.5 Å². The zero-order chi connectivity index (χ0) is 12.8. The quantitative estimate of drug-likeness (QED) is 0.902. The fraction of sp³-hybridized carbons (Fsp3) is 0.500. The summed E-state index contributed by atoms with van der Waals surface area (Å²) in [5.41, 5.74) is 8.91. The highest BCUT2D eigenvalue weighted by atomic mass is 35.5. The lowest BCUT2D eigenvalue weighted by atomic mass is 9.95. The molecule has 1 aliphatic carbocycles. The molecule has 4 heteroatoms. The second-order valence-electron chi connectivity index (χ2n) is 5.42. The SMILES string of the molecule is Cc1cc(Cl)cc2nc(CC3(N)CCCC3)oc12.